The molecule has 3 aromatic carbocycles. The number of nitrogens with zero attached hydrogens (tertiary/aromatic N) is 1. The van der Waals surface area contributed by atoms with E-state index < -0.39 is 23.2 Å². The van der Waals surface area contributed by atoms with Gasteiger partial charge in [0.05, 0.1) is 18.8 Å². The van der Waals surface area contributed by atoms with Crippen LogP contribution >= 0.6 is 0 Å². The highest BCUT2D eigenvalue weighted by molar-refractivity contribution is 5.93. The van der Waals surface area contributed by atoms with Crippen LogP contribution in [-0.4, -0.2) is 38.4 Å². The second-order valence-corrected chi connectivity index (χ2v) is 14.8. The molecule has 1 N–H and O–H groups in total. The van der Waals surface area contributed by atoms with Crippen molar-refractivity contribution in [2.75, 3.05) is 31.2 Å². The lowest BCUT2D eigenvalue weighted by Gasteiger charge is -2.34. The number of hydrogen-bond donors (Lipinski definition) is 1. The molecule has 0 spiro atoms. The first kappa shape index (κ1) is 40.2. The maximum atomic E-state index is 12.8. The Balaban J connectivity index is 1.19. The van der Waals surface area contributed by atoms with Crippen LogP contribution in [0.3, 0.4) is 0 Å². The molecule has 2 atom stereocenters. The molecule has 280 valence electrons. The summed E-state index contributed by atoms with van der Waals surface area (Å²) in [5, 5.41) is 3.72. The van der Waals surface area contributed by atoms with Gasteiger partial charge in [-0.3, -0.25) is 0 Å². The minimum absolute atomic E-state index is 0.0174. The zero-order valence-electron chi connectivity index (χ0n) is 32.5. The molecule has 1 heterocycles. The number of hydrogen-bond acceptors (Lipinski definition) is 7. The Bertz CT molecular complexity index is 1840. The molecule has 0 fully saturated rings. The predicted octanol–water partition coefficient (Wildman–Crippen LogP) is 10.2. The van der Waals surface area contributed by atoms with Gasteiger partial charge in [0, 0.05) is 30.2 Å². The summed E-state index contributed by atoms with van der Waals surface area (Å²) in [6.07, 6.45) is 4.49. The van der Waals surface area contributed by atoms with Crippen LogP contribution in [0.15, 0.2) is 82.0 Å². The fraction of sp³-hybridized carbons (Fsp3) is 0.477. The van der Waals surface area contributed by atoms with Crippen LogP contribution in [-0.2, 0) is 20.4 Å². The molecule has 2 unspecified atom stereocenters. The van der Waals surface area contributed by atoms with Gasteiger partial charge in [-0.15, -0.1) is 0 Å². The first-order chi connectivity index (χ1) is 24.8. The number of benzene rings is 3. The summed E-state index contributed by atoms with van der Waals surface area (Å²) in [5.74, 6) is -0.274. The Morgan fingerprint density at radius 2 is 1.48 bits per heavy atom. The number of ether oxygens (including phenoxy) is 2. The summed E-state index contributed by atoms with van der Waals surface area (Å²) < 4.78 is 16.4. The zero-order valence-corrected chi connectivity index (χ0v) is 32.5. The predicted molar refractivity (Wildman–Crippen MR) is 211 cm³/mol. The van der Waals surface area contributed by atoms with Crippen molar-refractivity contribution in [2.24, 2.45) is 0 Å². The van der Waals surface area contributed by atoms with Crippen LogP contribution in [0.25, 0.3) is 11.0 Å². The molecule has 4 aromatic rings. The molecule has 4 rings (SSSR count). The van der Waals surface area contributed by atoms with Crippen molar-refractivity contribution in [1.82, 2.24) is 5.32 Å². The van der Waals surface area contributed by atoms with Gasteiger partial charge >= 0.3 is 17.7 Å². The van der Waals surface area contributed by atoms with Crippen molar-refractivity contribution in [1.29, 1.82) is 0 Å². The Morgan fingerprint density at radius 1 is 0.827 bits per heavy atom. The summed E-state index contributed by atoms with van der Waals surface area (Å²) >= 11 is 0. The van der Waals surface area contributed by atoms with E-state index in [1.165, 1.54) is 22.8 Å². The number of anilines is 1. The van der Waals surface area contributed by atoms with E-state index in [-0.39, 0.29) is 17.6 Å². The van der Waals surface area contributed by atoms with Gasteiger partial charge in [0.2, 0.25) is 0 Å². The molecular formula is C44H58N2O6. The highest BCUT2D eigenvalue weighted by Gasteiger charge is 2.30. The van der Waals surface area contributed by atoms with E-state index in [4.69, 9.17) is 13.9 Å². The van der Waals surface area contributed by atoms with Crippen molar-refractivity contribution >= 4 is 28.7 Å². The number of amides is 1. The van der Waals surface area contributed by atoms with Crippen LogP contribution in [0.1, 0.15) is 126 Å². The number of rotatable bonds is 18. The number of esters is 1. The largest absolute Gasteiger partial charge is 0.462 e. The third-order valence-electron chi connectivity index (χ3n) is 10.5. The van der Waals surface area contributed by atoms with Gasteiger partial charge in [-0.25, -0.2) is 14.4 Å². The number of fused-ring (bicyclic) bond motifs is 1. The van der Waals surface area contributed by atoms with E-state index in [9.17, 15) is 14.4 Å². The quantitative estimate of drug-likeness (QED) is 0.0623. The molecule has 0 radical (unpaired) electrons. The van der Waals surface area contributed by atoms with E-state index in [1.807, 2.05) is 32.0 Å². The molecular weight excluding hydrogens is 652 g/mol. The summed E-state index contributed by atoms with van der Waals surface area (Å²) in [6, 6.07) is 24.6. The average molecular weight is 711 g/mol. The number of carbonyl (C=O) groups excluding carboxylic acids is 2. The zero-order chi connectivity index (χ0) is 37.9. The van der Waals surface area contributed by atoms with Crippen LogP contribution in [0, 0.1) is 6.92 Å². The Kier molecular flexibility index (Phi) is 14.1. The Labute approximate surface area is 309 Å². The summed E-state index contributed by atoms with van der Waals surface area (Å²) in [4.78, 5) is 40.1. The lowest BCUT2D eigenvalue weighted by Crippen LogP contribution is -2.41. The lowest BCUT2D eigenvalue weighted by molar-refractivity contribution is 0.0492. The fourth-order valence-corrected chi connectivity index (χ4v) is 6.79. The van der Waals surface area contributed by atoms with Crippen LogP contribution in [0.2, 0.25) is 0 Å². The number of unbranched alkanes of at least 4 members (excludes halogenated alkanes) is 3. The van der Waals surface area contributed by atoms with Gasteiger partial charge < -0.3 is 24.1 Å². The fourth-order valence-electron chi connectivity index (χ4n) is 6.79. The van der Waals surface area contributed by atoms with E-state index in [0.717, 1.165) is 50.0 Å². The third kappa shape index (κ3) is 10.5. The van der Waals surface area contributed by atoms with Crippen molar-refractivity contribution in [2.45, 2.75) is 111 Å². The van der Waals surface area contributed by atoms with Crippen LogP contribution in [0.5, 0.6) is 0 Å². The summed E-state index contributed by atoms with van der Waals surface area (Å²) in [5.41, 5.74) is 4.87. The second kappa shape index (κ2) is 18.3. The number of aryl methyl sites for hydroxylation is 1. The number of alkyl carbamates (subject to hydrolysis) is 1. The SMILES string of the molecule is CCN(CC)c1ccc2cc(C(=O)OCCCCCCOC(=O)NC(C)(C)c3cccc(C(C)(CC)CC(C)c4ccc(C)cc4)c3)c(=O)oc2c1. The van der Waals surface area contributed by atoms with E-state index >= 15 is 0 Å². The molecule has 8 heteroatoms. The van der Waals surface area contributed by atoms with Crippen LogP contribution in [0.4, 0.5) is 10.5 Å². The van der Waals surface area contributed by atoms with Crippen LogP contribution < -0.4 is 15.8 Å². The molecule has 0 aliphatic carbocycles. The van der Waals surface area contributed by atoms with Gasteiger partial charge in [-0.2, -0.15) is 0 Å². The molecule has 0 saturated heterocycles. The van der Waals surface area contributed by atoms with Gasteiger partial charge in [0.15, 0.2) is 0 Å². The highest BCUT2D eigenvalue weighted by Crippen LogP contribution is 2.39. The molecule has 0 saturated carbocycles. The minimum atomic E-state index is -0.705. The van der Waals surface area contributed by atoms with E-state index in [1.54, 1.807) is 0 Å². The minimum Gasteiger partial charge on any atom is -0.462 e. The second-order valence-electron chi connectivity index (χ2n) is 14.8. The normalized spacial score (nSPS) is 13.3. The smallest absolute Gasteiger partial charge is 0.407 e. The molecule has 52 heavy (non-hydrogen) atoms. The summed E-state index contributed by atoms with van der Waals surface area (Å²) in [6.45, 7) is 19.3. The topological polar surface area (TPSA) is 98.1 Å². The highest BCUT2D eigenvalue weighted by atomic mass is 16.5. The number of nitrogens with one attached hydrogen (secondary N) is 1. The van der Waals surface area contributed by atoms with Crippen molar-refractivity contribution in [3.05, 3.63) is 111 Å². The summed E-state index contributed by atoms with van der Waals surface area (Å²) in [7, 11) is 0. The lowest BCUT2D eigenvalue weighted by atomic mass is 9.71. The van der Waals surface area contributed by atoms with E-state index in [2.05, 4.69) is 100 Å². The average Bonchev–Trinajstić information content (AvgIpc) is 3.12. The van der Waals surface area contributed by atoms with Crippen molar-refractivity contribution in [3.8, 4) is 0 Å². The van der Waals surface area contributed by atoms with E-state index in [0.29, 0.717) is 36.3 Å². The molecule has 0 aliphatic heterocycles. The standard InChI is InChI=1S/C44H58N2O6/c1-9-44(8,30-32(5)33-21-19-31(4)20-22-33)36-18-16-17-35(28-36)43(6,7)45-42(49)51-26-15-13-12-14-25-50-40(47)38-27-34-23-24-37(46(10-2)11-3)29-39(34)52-41(38)48/h16-24,27-29,32H,9-15,25-26,30H2,1-8H3,(H,45,49). The van der Waals surface area contributed by atoms with Crippen molar-refractivity contribution < 1.29 is 23.5 Å². The molecule has 0 aliphatic rings. The first-order valence-electron chi connectivity index (χ1n) is 18.9. The van der Waals surface area contributed by atoms with Gasteiger partial charge in [0.25, 0.3) is 0 Å². The molecule has 0 bridgehead atoms. The Morgan fingerprint density at radius 3 is 2.13 bits per heavy atom. The van der Waals surface area contributed by atoms with Crippen molar-refractivity contribution in [3.63, 3.8) is 0 Å². The van der Waals surface area contributed by atoms with Gasteiger partial charge in [-0.05, 0) is 119 Å². The van der Waals surface area contributed by atoms with Gasteiger partial charge in [-0.1, -0.05) is 74.9 Å². The number of carbonyl (C=O) groups is 2. The third-order valence-corrected chi connectivity index (χ3v) is 10.5. The maximum Gasteiger partial charge on any atom is 0.407 e. The molecule has 8 nitrogen and oxygen atoms in total. The first-order valence-corrected chi connectivity index (χ1v) is 18.9. The monoisotopic (exact) mass is 710 g/mol. The molecule has 1 aromatic heterocycles. The van der Waals surface area contributed by atoms with Gasteiger partial charge in [0.1, 0.15) is 11.1 Å². The molecule has 1 amide bonds. The Hall–Kier alpha value is -4.59. The maximum absolute atomic E-state index is 12.8.